The zero-order valence-electron chi connectivity index (χ0n) is 26.9. The highest BCUT2D eigenvalue weighted by Gasteiger charge is 2.30. The molecule has 12 heteroatoms. The van der Waals surface area contributed by atoms with Gasteiger partial charge >= 0.3 is 12.1 Å². The maximum absolute atomic E-state index is 14.3. The lowest BCUT2D eigenvalue weighted by Gasteiger charge is -2.38. The number of para-hydroxylation sites is 1. The number of hydrogen-bond acceptors (Lipinski definition) is 9. The van der Waals surface area contributed by atoms with Crippen LogP contribution in [-0.4, -0.2) is 74.6 Å². The van der Waals surface area contributed by atoms with E-state index < -0.39 is 21.6 Å². The first-order valence-corrected chi connectivity index (χ1v) is 16.8. The Morgan fingerprint density at radius 1 is 1.00 bits per heavy atom. The van der Waals surface area contributed by atoms with Crippen molar-refractivity contribution in [1.29, 1.82) is 0 Å². The molecule has 0 saturated carbocycles. The summed E-state index contributed by atoms with van der Waals surface area (Å²) in [6.45, 7) is 11.6. The zero-order chi connectivity index (χ0) is 33.1. The largest absolute Gasteiger partial charge is 0.469 e. The molecule has 0 bridgehead atoms. The van der Waals surface area contributed by atoms with Gasteiger partial charge in [-0.25, -0.2) is 18.0 Å². The highest BCUT2D eigenvalue weighted by atomic mass is 32.2. The normalized spacial score (nSPS) is 14.2. The highest BCUT2D eigenvalue weighted by Crippen LogP contribution is 2.31. The van der Waals surface area contributed by atoms with Crippen molar-refractivity contribution in [3.63, 3.8) is 0 Å². The van der Waals surface area contributed by atoms with Gasteiger partial charge in [0.15, 0.2) is 0 Å². The second kappa shape index (κ2) is 13.6. The summed E-state index contributed by atoms with van der Waals surface area (Å²) in [5.74, 6) is 0.137. The molecule has 11 nitrogen and oxygen atoms in total. The summed E-state index contributed by atoms with van der Waals surface area (Å²) in [6.07, 6.45) is 1.61. The van der Waals surface area contributed by atoms with Crippen LogP contribution in [0.1, 0.15) is 55.1 Å². The first kappa shape index (κ1) is 33.1. The highest BCUT2D eigenvalue weighted by molar-refractivity contribution is 7.89. The summed E-state index contributed by atoms with van der Waals surface area (Å²) in [6, 6.07) is 15.9. The molecule has 0 radical (unpaired) electrons. The maximum Gasteiger partial charge on any atom is 0.410 e. The number of hydrogen-bond donors (Lipinski definition) is 0. The molecule has 0 spiro atoms. The van der Waals surface area contributed by atoms with Crippen molar-refractivity contribution in [3.05, 3.63) is 83.5 Å². The number of furan rings is 2. The molecular weight excluding hydrogens is 610 g/mol. The molecule has 2 aromatic heterocycles. The molecule has 0 atom stereocenters. The minimum Gasteiger partial charge on any atom is -0.469 e. The van der Waals surface area contributed by atoms with Crippen LogP contribution in [0.15, 0.2) is 74.6 Å². The lowest BCUT2D eigenvalue weighted by Crippen LogP contribution is -2.50. The molecule has 1 aliphatic rings. The first-order chi connectivity index (χ1) is 21.9. The van der Waals surface area contributed by atoms with Crippen LogP contribution in [0, 0.1) is 6.92 Å². The number of esters is 1. The van der Waals surface area contributed by atoms with Crippen molar-refractivity contribution in [2.75, 3.05) is 44.2 Å². The number of carbonyl (C=O) groups is 2. The lowest BCUT2D eigenvalue weighted by atomic mass is 10.1. The summed E-state index contributed by atoms with van der Waals surface area (Å²) in [4.78, 5) is 29.0. The molecule has 1 fully saturated rings. The van der Waals surface area contributed by atoms with E-state index >= 15 is 0 Å². The Labute approximate surface area is 269 Å². The molecule has 0 N–H and O–H groups in total. The molecule has 0 unspecified atom stereocenters. The number of amides is 1. The summed E-state index contributed by atoms with van der Waals surface area (Å²) in [5, 5.41) is 0.526. The van der Waals surface area contributed by atoms with E-state index in [1.807, 2.05) is 51.1 Å². The average molecular weight is 652 g/mol. The number of sulfonamides is 1. The Morgan fingerprint density at radius 2 is 1.74 bits per heavy atom. The van der Waals surface area contributed by atoms with Gasteiger partial charge in [-0.05, 0) is 76.6 Å². The Balaban J connectivity index is 1.42. The van der Waals surface area contributed by atoms with Gasteiger partial charge in [0.25, 0.3) is 0 Å². The molecule has 1 aliphatic heterocycles. The number of piperazine rings is 1. The minimum atomic E-state index is -4.02. The minimum absolute atomic E-state index is 0.0572. The van der Waals surface area contributed by atoms with Crippen LogP contribution in [0.25, 0.3) is 11.0 Å². The Kier molecular flexibility index (Phi) is 9.78. The molecule has 5 rings (SSSR count). The third-order valence-corrected chi connectivity index (χ3v) is 9.65. The number of anilines is 1. The van der Waals surface area contributed by atoms with E-state index in [-0.39, 0.29) is 36.4 Å². The van der Waals surface area contributed by atoms with Gasteiger partial charge in [0.2, 0.25) is 15.8 Å². The van der Waals surface area contributed by atoms with Crippen molar-refractivity contribution in [3.8, 4) is 0 Å². The van der Waals surface area contributed by atoms with Crippen LogP contribution >= 0.6 is 0 Å². The molecule has 46 heavy (non-hydrogen) atoms. The van der Waals surface area contributed by atoms with E-state index in [9.17, 15) is 18.0 Å². The number of carbonyl (C=O) groups excluding carboxylic acids is 2. The molecule has 4 aromatic rings. The molecule has 1 saturated heterocycles. The SMILES string of the molecule is CCOC(=O)c1oc2ccc(S(=O)(=O)N(CCc3ccco3)Cc3ccccc3N3CCN(C(=O)OC(C)(C)C)CC3)cc2c1C. The van der Waals surface area contributed by atoms with Gasteiger partial charge in [-0.15, -0.1) is 0 Å². The van der Waals surface area contributed by atoms with Crippen molar-refractivity contribution in [2.45, 2.75) is 58.1 Å². The molecule has 246 valence electrons. The van der Waals surface area contributed by atoms with Crippen LogP contribution in [-0.2, 0) is 32.5 Å². The first-order valence-electron chi connectivity index (χ1n) is 15.4. The van der Waals surface area contributed by atoms with Gasteiger partial charge in [0.05, 0.1) is 17.8 Å². The lowest BCUT2D eigenvalue weighted by molar-refractivity contribution is 0.0240. The van der Waals surface area contributed by atoms with E-state index in [2.05, 4.69) is 4.90 Å². The topological polar surface area (TPSA) is 123 Å². The molecule has 0 aliphatic carbocycles. The third-order valence-electron chi connectivity index (χ3n) is 7.80. The van der Waals surface area contributed by atoms with Crippen LogP contribution < -0.4 is 4.90 Å². The van der Waals surface area contributed by atoms with Crippen LogP contribution in [0.2, 0.25) is 0 Å². The standard InChI is InChI=1S/C34H41N3O8S/c1-6-42-32(38)31-24(2)28-22-27(13-14-30(28)44-31)46(40,41)37(16-15-26-11-9-21-43-26)23-25-10-7-8-12-29(25)35-17-19-36(20-18-35)33(39)45-34(3,4)5/h7-14,21-22H,6,15-20,23H2,1-5H3. The van der Waals surface area contributed by atoms with E-state index in [4.69, 9.17) is 18.3 Å². The molecule has 1 amide bonds. The van der Waals surface area contributed by atoms with Gasteiger partial charge < -0.3 is 28.1 Å². The van der Waals surface area contributed by atoms with Gasteiger partial charge in [-0.3, -0.25) is 0 Å². The fraction of sp³-hybridized carbons (Fsp3) is 0.412. The van der Waals surface area contributed by atoms with E-state index in [0.29, 0.717) is 54.9 Å². The van der Waals surface area contributed by atoms with E-state index in [0.717, 1.165) is 11.3 Å². The van der Waals surface area contributed by atoms with Crippen LogP contribution in [0.5, 0.6) is 0 Å². The fourth-order valence-corrected chi connectivity index (χ4v) is 6.92. The predicted molar refractivity (Wildman–Crippen MR) is 173 cm³/mol. The van der Waals surface area contributed by atoms with Gasteiger partial charge in [0, 0.05) is 62.3 Å². The quantitative estimate of drug-likeness (QED) is 0.190. The smallest absolute Gasteiger partial charge is 0.410 e. The number of fused-ring (bicyclic) bond motifs is 1. The average Bonchev–Trinajstić information content (AvgIpc) is 3.66. The Hall–Kier alpha value is -4.29. The molecule has 3 heterocycles. The summed E-state index contributed by atoms with van der Waals surface area (Å²) in [5.41, 5.74) is 2.09. The van der Waals surface area contributed by atoms with Crippen molar-refractivity contribution in [2.24, 2.45) is 0 Å². The molecular formula is C34H41N3O8S. The number of aryl methyl sites for hydroxylation is 1. The number of rotatable bonds is 10. The van der Waals surface area contributed by atoms with Gasteiger partial charge in [-0.1, -0.05) is 18.2 Å². The molecule has 2 aromatic carbocycles. The summed E-state index contributed by atoms with van der Waals surface area (Å²) < 4.78 is 52.0. The van der Waals surface area contributed by atoms with Crippen molar-refractivity contribution < 1.29 is 36.3 Å². The third kappa shape index (κ3) is 7.39. The number of ether oxygens (including phenoxy) is 2. The second-order valence-electron chi connectivity index (χ2n) is 12.2. The van der Waals surface area contributed by atoms with Crippen molar-refractivity contribution in [1.82, 2.24) is 9.21 Å². The second-order valence-corrected chi connectivity index (χ2v) is 14.1. The van der Waals surface area contributed by atoms with Gasteiger partial charge in [-0.2, -0.15) is 4.31 Å². The predicted octanol–water partition coefficient (Wildman–Crippen LogP) is 6.00. The van der Waals surface area contributed by atoms with Gasteiger partial charge in [0.1, 0.15) is 16.9 Å². The van der Waals surface area contributed by atoms with Crippen molar-refractivity contribution >= 4 is 38.7 Å². The summed E-state index contributed by atoms with van der Waals surface area (Å²) in [7, 11) is -4.02. The van der Waals surface area contributed by atoms with E-state index in [1.165, 1.54) is 10.4 Å². The Morgan fingerprint density at radius 3 is 2.41 bits per heavy atom. The van der Waals surface area contributed by atoms with E-state index in [1.54, 1.807) is 43.2 Å². The Bertz CT molecular complexity index is 1780. The number of benzene rings is 2. The number of nitrogens with zero attached hydrogens (tertiary/aromatic N) is 3. The summed E-state index contributed by atoms with van der Waals surface area (Å²) >= 11 is 0. The monoisotopic (exact) mass is 651 g/mol. The zero-order valence-corrected chi connectivity index (χ0v) is 27.8. The van der Waals surface area contributed by atoms with Crippen LogP contribution in [0.4, 0.5) is 10.5 Å². The maximum atomic E-state index is 14.3. The van der Waals surface area contributed by atoms with Crippen LogP contribution in [0.3, 0.4) is 0 Å². The fourth-order valence-electron chi connectivity index (χ4n) is 5.47.